The van der Waals surface area contributed by atoms with E-state index in [0.29, 0.717) is 5.41 Å². The number of rotatable bonds is 2. The van der Waals surface area contributed by atoms with Crippen LogP contribution in [0.15, 0.2) is 0 Å². The lowest BCUT2D eigenvalue weighted by atomic mass is 10.1. The van der Waals surface area contributed by atoms with Crippen LogP contribution in [0.5, 0.6) is 0 Å². The molecule has 2 amide bonds. The van der Waals surface area contributed by atoms with Crippen LogP contribution < -0.4 is 11.1 Å². The Hall–Kier alpha value is -0.730. The molecule has 0 radical (unpaired) electrons. The van der Waals surface area contributed by atoms with Crippen molar-refractivity contribution >= 4 is 6.03 Å². The van der Waals surface area contributed by atoms with E-state index in [-0.39, 0.29) is 0 Å². The van der Waals surface area contributed by atoms with E-state index < -0.39 is 6.03 Å². The molecule has 0 aromatic carbocycles. The Kier molecular flexibility index (Phi) is 1.35. The van der Waals surface area contributed by atoms with Crippen molar-refractivity contribution in [3.8, 4) is 0 Å². The molecule has 9 heavy (non-hydrogen) atoms. The van der Waals surface area contributed by atoms with Gasteiger partial charge in [-0.05, 0) is 18.3 Å². The SMILES string of the molecule is CC1(CNC(N)=O)CC1. The quantitative estimate of drug-likeness (QED) is 0.557. The van der Waals surface area contributed by atoms with Crippen molar-refractivity contribution in [2.45, 2.75) is 19.8 Å². The fraction of sp³-hybridized carbons (Fsp3) is 0.833. The minimum atomic E-state index is -0.414. The molecule has 3 nitrogen and oxygen atoms in total. The molecule has 0 spiro atoms. The number of primary amides is 1. The number of nitrogens with two attached hydrogens (primary N) is 1. The summed E-state index contributed by atoms with van der Waals surface area (Å²) in [6, 6.07) is -0.414. The van der Waals surface area contributed by atoms with Crippen molar-refractivity contribution < 1.29 is 4.79 Å². The van der Waals surface area contributed by atoms with E-state index in [9.17, 15) is 4.79 Å². The summed E-state index contributed by atoms with van der Waals surface area (Å²) in [5, 5.41) is 2.59. The molecular formula is C6H12N2O. The highest BCUT2D eigenvalue weighted by molar-refractivity contribution is 5.71. The van der Waals surface area contributed by atoms with Gasteiger partial charge < -0.3 is 11.1 Å². The van der Waals surface area contributed by atoms with Crippen molar-refractivity contribution in [1.82, 2.24) is 5.32 Å². The van der Waals surface area contributed by atoms with Crippen molar-refractivity contribution in [3.63, 3.8) is 0 Å². The number of carbonyl (C=O) groups excluding carboxylic acids is 1. The summed E-state index contributed by atoms with van der Waals surface area (Å²) in [7, 11) is 0. The van der Waals surface area contributed by atoms with Crippen LogP contribution in [0, 0.1) is 5.41 Å². The molecule has 1 saturated carbocycles. The van der Waals surface area contributed by atoms with Gasteiger partial charge in [-0.25, -0.2) is 4.79 Å². The van der Waals surface area contributed by atoms with Crippen LogP contribution in [-0.4, -0.2) is 12.6 Å². The van der Waals surface area contributed by atoms with Crippen molar-refractivity contribution in [3.05, 3.63) is 0 Å². The zero-order valence-electron chi connectivity index (χ0n) is 5.61. The Bertz CT molecular complexity index is 129. The summed E-state index contributed by atoms with van der Waals surface area (Å²) in [6.07, 6.45) is 2.43. The van der Waals surface area contributed by atoms with Crippen LogP contribution in [0.25, 0.3) is 0 Å². The molecule has 0 saturated heterocycles. The number of carbonyl (C=O) groups is 1. The first-order valence-electron chi connectivity index (χ1n) is 3.16. The molecule has 3 heteroatoms. The first-order valence-corrected chi connectivity index (χ1v) is 3.16. The van der Waals surface area contributed by atoms with Crippen LogP contribution in [0.3, 0.4) is 0 Å². The second-order valence-electron chi connectivity index (χ2n) is 3.03. The van der Waals surface area contributed by atoms with E-state index >= 15 is 0 Å². The highest BCUT2D eigenvalue weighted by Crippen LogP contribution is 2.43. The fourth-order valence-corrected chi connectivity index (χ4v) is 0.691. The third-order valence-corrected chi connectivity index (χ3v) is 1.79. The molecule has 52 valence electrons. The van der Waals surface area contributed by atoms with Crippen LogP contribution in [-0.2, 0) is 0 Å². The maximum atomic E-state index is 10.2. The molecule has 0 unspecified atom stereocenters. The highest BCUT2D eigenvalue weighted by Gasteiger charge is 2.36. The predicted molar refractivity (Wildman–Crippen MR) is 34.9 cm³/mol. The summed E-state index contributed by atoms with van der Waals surface area (Å²) in [5.74, 6) is 0. The summed E-state index contributed by atoms with van der Waals surface area (Å²) >= 11 is 0. The Morgan fingerprint density at radius 3 is 2.67 bits per heavy atom. The Labute approximate surface area is 54.6 Å². The molecule has 1 aliphatic rings. The Morgan fingerprint density at radius 1 is 1.78 bits per heavy atom. The van der Waals surface area contributed by atoms with Gasteiger partial charge in [-0.2, -0.15) is 0 Å². The minimum Gasteiger partial charge on any atom is -0.352 e. The van der Waals surface area contributed by atoms with Gasteiger partial charge in [-0.3, -0.25) is 0 Å². The van der Waals surface area contributed by atoms with E-state index in [0.717, 1.165) is 6.54 Å². The molecule has 1 aliphatic carbocycles. The molecular weight excluding hydrogens is 116 g/mol. The molecule has 0 aromatic heterocycles. The fourth-order valence-electron chi connectivity index (χ4n) is 0.691. The second kappa shape index (κ2) is 1.90. The molecule has 3 N–H and O–H groups in total. The van der Waals surface area contributed by atoms with Gasteiger partial charge in [0.1, 0.15) is 0 Å². The van der Waals surface area contributed by atoms with Gasteiger partial charge in [0.2, 0.25) is 0 Å². The normalized spacial score (nSPS) is 21.0. The van der Waals surface area contributed by atoms with Crippen LogP contribution in [0.4, 0.5) is 4.79 Å². The summed E-state index contributed by atoms with van der Waals surface area (Å²) < 4.78 is 0. The molecule has 0 heterocycles. The van der Waals surface area contributed by atoms with Crippen LogP contribution in [0.1, 0.15) is 19.8 Å². The zero-order valence-corrected chi connectivity index (χ0v) is 5.61. The van der Waals surface area contributed by atoms with Gasteiger partial charge >= 0.3 is 6.03 Å². The van der Waals surface area contributed by atoms with E-state index in [4.69, 9.17) is 5.73 Å². The first-order chi connectivity index (χ1) is 4.12. The standard InChI is InChI=1S/C6H12N2O/c1-6(2-3-6)4-8-5(7)9/h2-4H2,1H3,(H3,7,8,9). The Morgan fingerprint density at radius 2 is 2.33 bits per heavy atom. The highest BCUT2D eigenvalue weighted by atomic mass is 16.2. The van der Waals surface area contributed by atoms with Crippen molar-refractivity contribution in [1.29, 1.82) is 0 Å². The van der Waals surface area contributed by atoms with Gasteiger partial charge in [-0.1, -0.05) is 6.92 Å². The van der Waals surface area contributed by atoms with Gasteiger partial charge in [0.15, 0.2) is 0 Å². The Balaban J connectivity index is 2.12. The largest absolute Gasteiger partial charge is 0.352 e. The third-order valence-electron chi connectivity index (χ3n) is 1.79. The van der Waals surface area contributed by atoms with Crippen LogP contribution >= 0.6 is 0 Å². The molecule has 0 aliphatic heterocycles. The number of hydrogen-bond donors (Lipinski definition) is 2. The average Bonchev–Trinajstić information content (AvgIpc) is 2.45. The lowest BCUT2D eigenvalue weighted by Gasteiger charge is -2.06. The van der Waals surface area contributed by atoms with E-state index in [1.54, 1.807) is 0 Å². The maximum absolute atomic E-state index is 10.2. The van der Waals surface area contributed by atoms with Gasteiger partial charge in [0.25, 0.3) is 0 Å². The van der Waals surface area contributed by atoms with Crippen molar-refractivity contribution in [2.24, 2.45) is 11.1 Å². The van der Waals surface area contributed by atoms with E-state index in [1.807, 2.05) is 0 Å². The number of nitrogens with one attached hydrogen (secondary N) is 1. The van der Waals surface area contributed by atoms with E-state index in [1.165, 1.54) is 12.8 Å². The molecule has 0 aromatic rings. The topological polar surface area (TPSA) is 55.1 Å². The first kappa shape index (κ1) is 6.39. The lowest BCUT2D eigenvalue weighted by Crippen LogP contribution is -2.33. The van der Waals surface area contributed by atoms with Gasteiger partial charge in [0.05, 0.1) is 0 Å². The monoisotopic (exact) mass is 128 g/mol. The van der Waals surface area contributed by atoms with Gasteiger partial charge in [-0.15, -0.1) is 0 Å². The summed E-state index contributed by atoms with van der Waals surface area (Å²) in [4.78, 5) is 10.2. The summed E-state index contributed by atoms with van der Waals surface area (Å²) in [6.45, 7) is 2.88. The van der Waals surface area contributed by atoms with Gasteiger partial charge in [0, 0.05) is 6.54 Å². The maximum Gasteiger partial charge on any atom is 0.312 e. The van der Waals surface area contributed by atoms with Crippen LogP contribution in [0.2, 0.25) is 0 Å². The van der Waals surface area contributed by atoms with Crippen molar-refractivity contribution in [2.75, 3.05) is 6.54 Å². The smallest absolute Gasteiger partial charge is 0.312 e. The number of hydrogen-bond acceptors (Lipinski definition) is 1. The minimum absolute atomic E-state index is 0.370. The predicted octanol–water partition coefficient (Wildman–Crippen LogP) is 0.455. The second-order valence-corrected chi connectivity index (χ2v) is 3.03. The molecule has 0 bridgehead atoms. The molecule has 0 atom stereocenters. The van der Waals surface area contributed by atoms with E-state index in [2.05, 4.69) is 12.2 Å². The lowest BCUT2D eigenvalue weighted by molar-refractivity contribution is 0.247. The number of amides is 2. The average molecular weight is 128 g/mol. The molecule has 1 rings (SSSR count). The summed E-state index contributed by atoms with van der Waals surface area (Å²) in [5.41, 5.74) is 5.25. The zero-order chi connectivity index (χ0) is 6.91. The third kappa shape index (κ3) is 1.91. The number of urea groups is 1. The molecule has 1 fully saturated rings.